The van der Waals surface area contributed by atoms with Gasteiger partial charge in [-0.2, -0.15) is 5.10 Å². The fourth-order valence-corrected chi connectivity index (χ4v) is 6.13. The van der Waals surface area contributed by atoms with Crippen LogP contribution in [0.2, 0.25) is 0 Å². The van der Waals surface area contributed by atoms with E-state index in [1.165, 1.54) is 11.1 Å². The predicted octanol–water partition coefficient (Wildman–Crippen LogP) is 4.37. The summed E-state index contributed by atoms with van der Waals surface area (Å²) in [6.45, 7) is 2.71. The van der Waals surface area contributed by atoms with Crippen LogP contribution in [0, 0.1) is 0 Å². The van der Waals surface area contributed by atoms with Gasteiger partial charge in [0.2, 0.25) is 5.43 Å². The number of aromatic nitrogens is 1. The Balaban J connectivity index is 1.67. The summed E-state index contributed by atoms with van der Waals surface area (Å²) in [5.41, 5.74) is 6.78. The van der Waals surface area contributed by atoms with Crippen molar-refractivity contribution in [2.45, 2.75) is 44.9 Å². The molecule has 10 heteroatoms. The van der Waals surface area contributed by atoms with Crippen LogP contribution in [-0.4, -0.2) is 40.5 Å². The van der Waals surface area contributed by atoms with Gasteiger partial charge >= 0.3 is 5.97 Å². The molecule has 3 aromatic rings. The topological polar surface area (TPSA) is 116 Å². The van der Waals surface area contributed by atoms with Crippen molar-refractivity contribution < 1.29 is 14.6 Å². The maximum atomic E-state index is 13.0. The molecule has 2 aliphatic carbocycles. The summed E-state index contributed by atoms with van der Waals surface area (Å²) < 4.78 is 5.87. The van der Waals surface area contributed by atoms with Gasteiger partial charge in [-0.1, -0.05) is 0 Å². The SMILES string of the molecule is CCNC(=S)N/N=C1\CCCc2sc(-c3c(C4CC4)cc4c(=O)c(C(=O)O)c[nH]c4c3OC)cc21. The van der Waals surface area contributed by atoms with Crippen LogP contribution in [0.1, 0.15) is 64.9 Å². The number of H-pyrrole nitrogens is 1. The number of rotatable bonds is 6. The van der Waals surface area contributed by atoms with E-state index in [0.29, 0.717) is 27.7 Å². The number of hydrogen-bond acceptors (Lipinski definition) is 6. The molecule has 1 saturated carbocycles. The molecule has 2 heterocycles. The molecule has 1 fully saturated rings. The average molecular weight is 511 g/mol. The lowest BCUT2D eigenvalue weighted by Crippen LogP contribution is -2.32. The minimum absolute atomic E-state index is 0.274. The van der Waals surface area contributed by atoms with Crippen molar-refractivity contribution >= 4 is 51.3 Å². The van der Waals surface area contributed by atoms with Gasteiger partial charge in [-0.15, -0.1) is 11.3 Å². The van der Waals surface area contributed by atoms with Crippen LogP contribution >= 0.6 is 23.6 Å². The second-order valence-electron chi connectivity index (χ2n) is 8.74. The number of nitrogens with one attached hydrogen (secondary N) is 3. The molecule has 2 aliphatic rings. The van der Waals surface area contributed by atoms with Gasteiger partial charge in [-0.3, -0.25) is 10.2 Å². The van der Waals surface area contributed by atoms with Crippen molar-refractivity contribution in [2.75, 3.05) is 13.7 Å². The number of pyridine rings is 1. The van der Waals surface area contributed by atoms with Crippen LogP contribution in [0.5, 0.6) is 5.75 Å². The van der Waals surface area contributed by atoms with Crippen molar-refractivity contribution in [1.82, 2.24) is 15.7 Å². The van der Waals surface area contributed by atoms with E-state index in [4.69, 9.17) is 17.0 Å². The smallest absolute Gasteiger partial charge is 0.341 e. The number of hydrogen-bond donors (Lipinski definition) is 4. The number of carbonyl (C=O) groups is 1. The molecule has 0 saturated heterocycles. The molecule has 0 aliphatic heterocycles. The number of nitrogens with zero attached hydrogens (tertiary/aromatic N) is 1. The van der Waals surface area contributed by atoms with Gasteiger partial charge in [0, 0.05) is 33.6 Å². The van der Waals surface area contributed by atoms with E-state index in [-0.39, 0.29) is 5.56 Å². The molecule has 35 heavy (non-hydrogen) atoms. The Morgan fingerprint density at radius 3 is 2.83 bits per heavy atom. The fourth-order valence-electron chi connectivity index (χ4n) is 4.66. The second kappa shape index (κ2) is 9.43. The first kappa shape index (κ1) is 23.5. The van der Waals surface area contributed by atoms with Crippen molar-refractivity contribution in [3.63, 3.8) is 0 Å². The van der Waals surface area contributed by atoms with Crippen molar-refractivity contribution in [2.24, 2.45) is 5.10 Å². The number of thiocarbonyl (C=S) groups is 1. The Bertz CT molecular complexity index is 1440. The number of benzene rings is 1. The highest BCUT2D eigenvalue weighted by molar-refractivity contribution is 7.80. The molecule has 1 aromatic carbocycles. The van der Waals surface area contributed by atoms with E-state index < -0.39 is 11.4 Å². The predicted molar refractivity (Wildman–Crippen MR) is 142 cm³/mol. The maximum Gasteiger partial charge on any atom is 0.341 e. The summed E-state index contributed by atoms with van der Waals surface area (Å²) in [6, 6.07) is 4.02. The summed E-state index contributed by atoms with van der Waals surface area (Å²) in [4.78, 5) is 29.8. The zero-order valence-corrected chi connectivity index (χ0v) is 21.1. The Hall–Kier alpha value is -3.24. The van der Waals surface area contributed by atoms with E-state index in [9.17, 15) is 14.7 Å². The zero-order chi connectivity index (χ0) is 24.7. The van der Waals surface area contributed by atoms with E-state index in [2.05, 4.69) is 26.9 Å². The summed E-state index contributed by atoms with van der Waals surface area (Å²) in [7, 11) is 1.59. The van der Waals surface area contributed by atoms with Gasteiger partial charge in [0.1, 0.15) is 5.56 Å². The molecular formula is C25H26N4O4S2. The van der Waals surface area contributed by atoms with Crippen LogP contribution in [0.4, 0.5) is 0 Å². The number of ether oxygens (including phenoxy) is 1. The quantitative estimate of drug-likeness (QED) is 0.288. The largest absolute Gasteiger partial charge is 0.494 e. The van der Waals surface area contributed by atoms with E-state index >= 15 is 0 Å². The van der Waals surface area contributed by atoms with Crippen LogP contribution < -0.4 is 20.9 Å². The molecule has 0 unspecified atom stereocenters. The summed E-state index contributed by atoms with van der Waals surface area (Å²) in [5.74, 6) is -0.353. The molecule has 2 aromatic heterocycles. The number of carboxylic acid groups (broad SMARTS) is 1. The second-order valence-corrected chi connectivity index (χ2v) is 10.3. The molecule has 182 valence electrons. The molecule has 0 bridgehead atoms. The number of thiophene rings is 1. The number of hydrazone groups is 1. The summed E-state index contributed by atoms with van der Waals surface area (Å²) in [5, 5.41) is 17.9. The zero-order valence-electron chi connectivity index (χ0n) is 19.5. The van der Waals surface area contributed by atoms with Gasteiger partial charge in [0.05, 0.1) is 23.7 Å². The highest BCUT2D eigenvalue weighted by atomic mass is 32.1. The lowest BCUT2D eigenvalue weighted by atomic mass is 9.94. The number of carboxylic acids is 1. The highest BCUT2D eigenvalue weighted by Crippen LogP contribution is 2.51. The van der Waals surface area contributed by atoms with Crippen molar-refractivity contribution in [3.05, 3.63) is 50.1 Å². The number of aryl methyl sites for hydroxylation is 1. The molecule has 4 N–H and O–H groups in total. The maximum absolute atomic E-state index is 13.0. The van der Waals surface area contributed by atoms with E-state index in [1.807, 2.05) is 13.0 Å². The minimum Gasteiger partial charge on any atom is -0.494 e. The minimum atomic E-state index is -1.25. The van der Waals surface area contributed by atoms with Crippen LogP contribution in [0.25, 0.3) is 21.3 Å². The third kappa shape index (κ3) is 4.32. The summed E-state index contributed by atoms with van der Waals surface area (Å²) >= 11 is 6.98. The van der Waals surface area contributed by atoms with Crippen LogP contribution in [0.3, 0.4) is 0 Å². The van der Waals surface area contributed by atoms with Crippen molar-refractivity contribution in [1.29, 1.82) is 0 Å². The average Bonchev–Trinajstić information content (AvgIpc) is 3.60. The lowest BCUT2D eigenvalue weighted by Gasteiger charge is -2.16. The third-order valence-electron chi connectivity index (χ3n) is 6.43. The molecular weight excluding hydrogens is 484 g/mol. The standard InChI is InChI=1S/C25H26N4O4S2/c1-3-26-25(34)29-28-17-5-4-6-18-14(17)10-19(35-18)20-13(12-7-8-12)9-15-21(23(20)33-2)27-11-16(22(15)30)24(31)32/h9-12H,3-8H2,1-2H3,(H,27,30)(H,31,32)(H2,26,29,34)/b28-17+. The fraction of sp³-hybridized carbons (Fsp3) is 0.360. The molecule has 0 spiro atoms. The molecule has 0 atom stereocenters. The highest BCUT2D eigenvalue weighted by Gasteiger charge is 2.32. The number of methoxy groups -OCH3 is 1. The summed E-state index contributed by atoms with van der Waals surface area (Å²) in [6.07, 6.45) is 6.16. The first-order valence-electron chi connectivity index (χ1n) is 11.7. The van der Waals surface area contributed by atoms with Crippen LogP contribution in [0.15, 0.2) is 28.2 Å². The third-order valence-corrected chi connectivity index (χ3v) is 7.88. The Kier molecular flexibility index (Phi) is 6.33. The van der Waals surface area contributed by atoms with Gasteiger partial charge in [-0.25, -0.2) is 4.79 Å². The van der Waals surface area contributed by atoms with Crippen LogP contribution in [-0.2, 0) is 6.42 Å². The van der Waals surface area contributed by atoms with E-state index in [0.717, 1.165) is 65.9 Å². The monoisotopic (exact) mass is 510 g/mol. The van der Waals surface area contributed by atoms with Gasteiger partial charge in [-0.05, 0) is 74.9 Å². The Labute approximate surface area is 211 Å². The van der Waals surface area contributed by atoms with E-state index in [1.54, 1.807) is 18.4 Å². The Morgan fingerprint density at radius 2 is 2.14 bits per heavy atom. The van der Waals surface area contributed by atoms with Crippen molar-refractivity contribution in [3.8, 4) is 16.2 Å². The first-order chi connectivity index (χ1) is 16.9. The normalized spacial score (nSPS) is 16.2. The number of fused-ring (bicyclic) bond motifs is 2. The van der Waals surface area contributed by atoms with Gasteiger partial charge < -0.3 is 20.1 Å². The number of aromatic carboxylic acids is 1. The first-order valence-corrected chi connectivity index (χ1v) is 12.9. The lowest BCUT2D eigenvalue weighted by molar-refractivity contribution is 0.0695. The number of aromatic amines is 1. The molecule has 5 rings (SSSR count). The van der Waals surface area contributed by atoms with Gasteiger partial charge in [0.25, 0.3) is 0 Å². The molecule has 0 radical (unpaired) electrons. The Morgan fingerprint density at radius 1 is 1.34 bits per heavy atom. The molecule has 0 amide bonds. The molecule has 8 nitrogen and oxygen atoms in total. The van der Waals surface area contributed by atoms with Gasteiger partial charge in [0.15, 0.2) is 10.9 Å².